The number of allylic oxidation sites excluding steroid dienone is 3. The Balaban J connectivity index is 2.81. The zero-order chi connectivity index (χ0) is 15.4. The van der Waals surface area contributed by atoms with Gasteiger partial charge >= 0.3 is 6.18 Å². The second-order valence-electron chi connectivity index (χ2n) is 5.04. The van der Waals surface area contributed by atoms with Gasteiger partial charge in [0, 0.05) is 12.7 Å². The molecule has 0 saturated heterocycles. The fourth-order valence-electron chi connectivity index (χ4n) is 1.51. The molecule has 0 atom stereocenters. The van der Waals surface area contributed by atoms with Crippen molar-refractivity contribution in [2.75, 3.05) is 7.11 Å². The first-order valence-corrected chi connectivity index (χ1v) is 6.24. The monoisotopic (exact) mass is 284 g/mol. The predicted octanol–water partition coefficient (Wildman–Crippen LogP) is 5.09. The van der Waals surface area contributed by atoms with Gasteiger partial charge in [0.25, 0.3) is 0 Å². The van der Waals surface area contributed by atoms with Crippen LogP contribution in [-0.2, 0) is 10.3 Å². The quantitative estimate of drug-likeness (QED) is 0.700. The number of methoxy groups -OCH3 is 1. The Bertz CT molecular complexity index is 493. The van der Waals surface area contributed by atoms with Crippen LogP contribution in [0.1, 0.15) is 31.9 Å². The summed E-state index contributed by atoms with van der Waals surface area (Å²) < 4.78 is 42.2. The largest absolute Gasteiger partial charge is 0.412 e. The molecule has 20 heavy (non-hydrogen) atoms. The van der Waals surface area contributed by atoms with Gasteiger partial charge in [0.1, 0.15) is 0 Å². The third-order valence-corrected chi connectivity index (χ3v) is 3.20. The molecule has 0 saturated carbocycles. The predicted molar refractivity (Wildman–Crippen MR) is 75.3 cm³/mol. The highest BCUT2D eigenvalue weighted by Gasteiger charge is 2.29. The van der Waals surface area contributed by atoms with Crippen molar-refractivity contribution in [2.24, 2.45) is 0 Å². The van der Waals surface area contributed by atoms with E-state index in [-0.39, 0.29) is 5.60 Å². The van der Waals surface area contributed by atoms with Crippen LogP contribution in [0.15, 0.2) is 42.0 Å². The second kappa shape index (κ2) is 6.27. The van der Waals surface area contributed by atoms with Crippen molar-refractivity contribution >= 4 is 6.08 Å². The average Bonchev–Trinajstić information content (AvgIpc) is 2.38. The maximum Gasteiger partial charge on any atom is 0.412 e. The number of hydrogen-bond donors (Lipinski definition) is 0. The van der Waals surface area contributed by atoms with Crippen LogP contribution in [0, 0.1) is 0 Å². The molecule has 0 radical (unpaired) electrons. The van der Waals surface area contributed by atoms with E-state index in [1.54, 1.807) is 13.2 Å². The van der Waals surface area contributed by atoms with Gasteiger partial charge in [-0.15, -0.1) is 0 Å². The molecular weight excluding hydrogens is 265 g/mol. The summed E-state index contributed by atoms with van der Waals surface area (Å²) in [6, 6.07) is 7.51. The van der Waals surface area contributed by atoms with Crippen molar-refractivity contribution in [3.05, 3.63) is 53.1 Å². The van der Waals surface area contributed by atoms with Crippen molar-refractivity contribution in [3.8, 4) is 0 Å². The fraction of sp³-hybridized carbons (Fsp3) is 0.375. The number of hydrogen-bond acceptors (Lipinski definition) is 1. The van der Waals surface area contributed by atoms with Crippen LogP contribution < -0.4 is 0 Å². The summed E-state index contributed by atoms with van der Waals surface area (Å²) in [6.07, 6.45) is -0.165. The van der Waals surface area contributed by atoms with Crippen molar-refractivity contribution in [1.82, 2.24) is 0 Å². The Morgan fingerprint density at radius 2 is 1.65 bits per heavy atom. The van der Waals surface area contributed by atoms with E-state index < -0.39 is 11.7 Å². The maximum atomic E-state index is 12.3. The lowest BCUT2D eigenvalue weighted by Gasteiger charge is -2.23. The van der Waals surface area contributed by atoms with E-state index in [1.807, 2.05) is 38.1 Å². The summed E-state index contributed by atoms with van der Waals surface area (Å²) in [6.45, 7) is 4.95. The highest BCUT2D eigenvalue weighted by Crippen LogP contribution is 2.25. The second-order valence-corrected chi connectivity index (χ2v) is 5.04. The van der Waals surface area contributed by atoms with Crippen molar-refractivity contribution in [2.45, 2.75) is 32.5 Å². The van der Waals surface area contributed by atoms with Crippen LogP contribution in [0.5, 0.6) is 0 Å². The van der Waals surface area contributed by atoms with Crippen LogP contribution in [-0.4, -0.2) is 13.3 Å². The molecule has 1 aromatic rings. The molecule has 0 aliphatic carbocycles. The van der Waals surface area contributed by atoms with Gasteiger partial charge in [0.15, 0.2) is 0 Å². The van der Waals surface area contributed by atoms with Gasteiger partial charge < -0.3 is 4.74 Å². The zero-order valence-electron chi connectivity index (χ0n) is 12.1. The number of halogens is 3. The topological polar surface area (TPSA) is 9.23 Å². The van der Waals surface area contributed by atoms with Gasteiger partial charge in [-0.1, -0.05) is 42.5 Å². The highest BCUT2D eigenvalue weighted by molar-refractivity contribution is 5.52. The van der Waals surface area contributed by atoms with E-state index in [9.17, 15) is 13.2 Å². The van der Waals surface area contributed by atoms with Gasteiger partial charge in [-0.25, -0.2) is 0 Å². The molecule has 0 bridgehead atoms. The summed E-state index contributed by atoms with van der Waals surface area (Å²) in [4.78, 5) is 0. The normalized spacial score (nSPS) is 14.1. The Hall–Kier alpha value is -1.55. The SMILES string of the molecule is COC(C)(C)c1ccc(/C=C/C=C(/C)C(F)(F)F)cc1. The Morgan fingerprint density at radius 1 is 1.10 bits per heavy atom. The van der Waals surface area contributed by atoms with Crippen molar-refractivity contribution in [3.63, 3.8) is 0 Å². The summed E-state index contributed by atoms with van der Waals surface area (Å²) in [5.41, 5.74) is 0.853. The maximum absolute atomic E-state index is 12.3. The van der Waals surface area contributed by atoms with Crippen LogP contribution in [0.4, 0.5) is 13.2 Å². The summed E-state index contributed by atoms with van der Waals surface area (Å²) >= 11 is 0. The molecule has 110 valence electrons. The molecule has 0 N–H and O–H groups in total. The number of rotatable bonds is 4. The summed E-state index contributed by atoms with van der Waals surface area (Å²) in [5.74, 6) is 0. The first kappa shape index (κ1) is 16.5. The molecule has 0 aliphatic rings. The lowest BCUT2D eigenvalue weighted by molar-refractivity contribution is -0.0912. The smallest absolute Gasteiger partial charge is 0.374 e. The molecule has 0 aliphatic heterocycles. The van der Waals surface area contributed by atoms with Gasteiger partial charge in [-0.3, -0.25) is 0 Å². The fourth-order valence-corrected chi connectivity index (χ4v) is 1.51. The third kappa shape index (κ3) is 4.53. The van der Waals surface area contributed by atoms with Crippen LogP contribution in [0.25, 0.3) is 6.08 Å². The van der Waals surface area contributed by atoms with Gasteiger partial charge in [0.05, 0.1) is 5.60 Å². The van der Waals surface area contributed by atoms with E-state index in [0.717, 1.165) is 24.1 Å². The highest BCUT2D eigenvalue weighted by atomic mass is 19.4. The number of ether oxygens (including phenoxy) is 1. The van der Waals surface area contributed by atoms with E-state index in [2.05, 4.69) is 0 Å². The molecule has 0 fully saturated rings. The molecule has 0 amide bonds. The minimum Gasteiger partial charge on any atom is -0.374 e. The third-order valence-electron chi connectivity index (χ3n) is 3.20. The molecule has 0 unspecified atom stereocenters. The van der Waals surface area contributed by atoms with Crippen molar-refractivity contribution < 1.29 is 17.9 Å². The Labute approximate surface area is 117 Å². The lowest BCUT2D eigenvalue weighted by Crippen LogP contribution is -2.19. The minimum atomic E-state index is -4.27. The van der Waals surface area contributed by atoms with Gasteiger partial charge in [0.2, 0.25) is 0 Å². The first-order chi connectivity index (χ1) is 9.16. The Morgan fingerprint density at radius 3 is 2.10 bits per heavy atom. The van der Waals surface area contributed by atoms with Crippen molar-refractivity contribution in [1.29, 1.82) is 0 Å². The number of benzene rings is 1. The lowest BCUT2D eigenvalue weighted by atomic mass is 9.97. The first-order valence-electron chi connectivity index (χ1n) is 6.24. The zero-order valence-corrected chi connectivity index (χ0v) is 12.1. The molecule has 0 spiro atoms. The van der Waals surface area contributed by atoms with Gasteiger partial charge in [-0.2, -0.15) is 13.2 Å². The standard InChI is InChI=1S/C16H19F3O/c1-12(16(17,18)19)6-5-7-13-8-10-14(11-9-13)15(2,3)20-4/h5-11H,1-4H3/b7-5+,12-6-. The van der Waals surface area contributed by atoms with E-state index >= 15 is 0 Å². The van der Waals surface area contributed by atoms with E-state index in [0.29, 0.717) is 0 Å². The molecule has 1 nitrogen and oxygen atoms in total. The molecule has 0 aromatic heterocycles. The van der Waals surface area contributed by atoms with Gasteiger partial charge in [-0.05, 0) is 31.9 Å². The molecule has 4 heteroatoms. The summed E-state index contributed by atoms with van der Waals surface area (Å²) in [7, 11) is 1.64. The molecular formula is C16H19F3O. The van der Waals surface area contributed by atoms with Crippen LogP contribution in [0.3, 0.4) is 0 Å². The minimum absolute atomic E-state index is 0.380. The number of alkyl halides is 3. The Kier molecular flexibility index (Phi) is 5.17. The molecule has 1 rings (SSSR count). The average molecular weight is 284 g/mol. The van der Waals surface area contributed by atoms with Crippen LogP contribution >= 0.6 is 0 Å². The van der Waals surface area contributed by atoms with E-state index in [1.165, 1.54) is 6.08 Å². The van der Waals surface area contributed by atoms with Crippen LogP contribution in [0.2, 0.25) is 0 Å². The molecule has 0 heterocycles. The summed E-state index contributed by atoms with van der Waals surface area (Å²) in [5, 5.41) is 0. The van der Waals surface area contributed by atoms with E-state index in [4.69, 9.17) is 4.74 Å². The molecule has 1 aromatic carbocycles.